The van der Waals surface area contributed by atoms with Crippen molar-refractivity contribution in [1.82, 2.24) is 0 Å². The SMILES string of the molecule is CC(C=CC1=C(C)CCCC1(C)C)=CC=CC(C)=CC(=O)Nc1cc(Br)c(O)c(Br)c1. The fraction of sp³-hybridized carbons (Fsp3) is 0.346. The van der Waals surface area contributed by atoms with E-state index in [1.54, 1.807) is 18.2 Å². The second-order valence-corrected chi connectivity index (χ2v) is 10.4. The molecule has 31 heavy (non-hydrogen) atoms. The Hall–Kier alpha value is -1.85. The van der Waals surface area contributed by atoms with Crippen LogP contribution in [-0.2, 0) is 4.79 Å². The minimum Gasteiger partial charge on any atom is -0.506 e. The van der Waals surface area contributed by atoms with Gasteiger partial charge in [-0.05, 0) is 101 Å². The predicted octanol–water partition coefficient (Wildman–Crippen LogP) is 8.39. The van der Waals surface area contributed by atoms with Crippen molar-refractivity contribution in [3.8, 4) is 5.75 Å². The van der Waals surface area contributed by atoms with Gasteiger partial charge in [0.15, 0.2) is 0 Å². The van der Waals surface area contributed by atoms with Gasteiger partial charge < -0.3 is 10.4 Å². The highest BCUT2D eigenvalue weighted by molar-refractivity contribution is 9.11. The number of nitrogens with one attached hydrogen (secondary N) is 1. The van der Waals surface area contributed by atoms with Gasteiger partial charge in [-0.2, -0.15) is 0 Å². The Balaban J connectivity index is 2.00. The van der Waals surface area contributed by atoms with Crippen molar-refractivity contribution in [3.05, 3.63) is 79.8 Å². The fourth-order valence-electron chi connectivity index (χ4n) is 3.70. The van der Waals surface area contributed by atoms with E-state index in [-0.39, 0.29) is 17.1 Å². The fourth-order valence-corrected chi connectivity index (χ4v) is 4.89. The summed E-state index contributed by atoms with van der Waals surface area (Å²) in [6.07, 6.45) is 15.6. The molecule has 2 N–H and O–H groups in total. The highest BCUT2D eigenvalue weighted by Gasteiger charge is 2.26. The summed E-state index contributed by atoms with van der Waals surface area (Å²) in [4.78, 5) is 12.3. The molecule has 0 radical (unpaired) electrons. The largest absolute Gasteiger partial charge is 0.506 e. The van der Waals surface area contributed by atoms with Crippen LogP contribution in [0.2, 0.25) is 0 Å². The van der Waals surface area contributed by atoms with Crippen LogP contribution in [0, 0.1) is 5.41 Å². The highest BCUT2D eigenvalue weighted by Crippen LogP contribution is 2.40. The Bertz CT molecular complexity index is 972. The van der Waals surface area contributed by atoms with Gasteiger partial charge in [-0.15, -0.1) is 0 Å². The van der Waals surface area contributed by atoms with E-state index in [0.29, 0.717) is 14.6 Å². The first-order valence-electron chi connectivity index (χ1n) is 10.4. The van der Waals surface area contributed by atoms with Gasteiger partial charge >= 0.3 is 0 Å². The highest BCUT2D eigenvalue weighted by atomic mass is 79.9. The number of phenolic OH excluding ortho intramolecular Hbond substituents is 1. The normalized spacial score (nSPS) is 17.6. The second kappa shape index (κ2) is 11.1. The number of rotatable bonds is 6. The number of aromatic hydroxyl groups is 1. The third kappa shape index (κ3) is 7.65. The molecule has 0 saturated carbocycles. The van der Waals surface area contributed by atoms with Crippen LogP contribution in [0.15, 0.2) is 79.8 Å². The Morgan fingerprint density at radius 1 is 1.13 bits per heavy atom. The molecular formula is C26H31Br2NO2. The van der Waals surface area contributed by atoms with Gasteiger partial charge in [-0.3, -0.25) is 4.79 Å². The Kier molecular flexibility index (Phi) is 9.14. The van der Waals surface area contributed by atoms with E-state index in [0.717, 1.165) is 11.1 Å². The third-order valence-electron chi connectivity index (χ3n) is 5.42. The van der Waals surface area contributed by atoms with Gasteiger partial charge in [-0.1, -0.05) is 55.4 Å². The van der Waals surface area contributed by atoms with Crippen LogP contribution in [0.5, 0.6) is 5.75 Å². The maximum atomic E-state index is 12.3. The van der Waals surface area contributed by atoms with Crippen molar-refractivity contribution >= 4 is 43.5 Å². The lowest BCUT2D eigenvalue weighted by Gasteiger charge is -2.32. The first kappa shape index (κ1) is 25.4. The summed E-state index contributed by atoms with van der Waals surface area (Å²) >= 11 is 6.52. The van der Waals surface area contributed by atoms with Crippen LogP contribution < -0.4 is 5.32 Å². The Labute approximate surface area is 203 Å². The molecule has 0 aliphatic heterocycles. The number of carbonyl (C=O) groups excluding carboxylic acids is 1. The number of hydrogen-bond acceptors (Lipinski definition) is 2. The number of anilines is 1. The number of halogens is 2. The van der Waals surface area contributed by atoms with E-state index in [1.807, 2.05) is 25.2 Å². The smallest absolute Gasteiger partial charge is 0.248 e. The van der Waals surface area contributed by atoms with Gasteiger partial charge in [0.05, 0.1) is 8.95 Å². The first-order chi connectivity index (χ1) is 14.5. The van der Waals surface area contributed by atoms with Gasteiger partial charge in [0.1, 0.15) is 5.75 Å². The standard InChI is InChI=1S/C26H31Br2NO2/c1-17(11-12-21-19(3)10-7-13-26(21,4)5)8-6-9-18(2)14-24(30)29-20-15-22(27)25(31)23(28)16-20/h6,8-9,11-12,14-16,31H,7,10,13H2,1-5H3,(H,29,30). The lowest BCUT2D eigenvalue weighted by atomic mass is 9.72. The first-order valence-corrected chi connectivity index (χ1v) is 12.0. The summed E-state index contributed by atoms with van der Waals surface area (Å²) in [5.41, 5.74) is 5.78. The van der Waals surface area contributed by atoms with Crippen LogP contribution in [0.3, 0.4) is 0 Å². The second-order valence-electron chi connectivity index (χ2n) is 8.70. The third-order valence-corrected chi connectivity index (χ3v) is 6.63. The number of hydrogen-bond donors (Lipinski definition) is 2. The summed E-state index contributed by atoms with van der Waals surface area (Å²) in [6.45, 7) is 10.9. The van der Waals surface area contributed by atoms with Crippen LogP contribution in [0.1, 0.15) is 53.9 Å². The zero-order chi connectivity index (χ0) is 23.2. The van der Waals surface area contributed by atoms with E-state index in [1.165, 1.54) is 30.4 Å². The number of carbonyl (C=O) groups is 1. The Morgan fingerprint density at radius 2 is 1.77 bits per heavy atom. The van der Waals surface area contributed by atoms with E-state index in [4.69, 9.17) is 0 Å². The van der Waals surface area contributed by atoms with Gasteiger partial charge in [-0.25, -0.2) is 0 Å². The summed E-state index contributed by atoms with van der Waals surface area (Å²) in [5, 5.41) is 12.6. The van der Waals surface area contributed by atoms with E-state index in [9.17, 15) is 9.90 Å². The minimum atomic E-state index is -0.228. The van der Waals surface area contributed by atoms with Crippen molar-refractivity contribution in [2.24, 2.45) is 5.41 Å². The van der Waals surface area contributed by atoms with Crippen LogP contribution >= 0.6 is 31.9 Å². The average Bonchev–Trinajstić information content (AvgIpc) is 2.65. The van der Waals surface area contributed by atoms with Crippen LogP contribution in [-0.4, -0.2) is 11.0 Å². The van der Waals surface area contributed by atoms with Crippen molar-refractivity contribution in [1.29, 1.82) is 0 Å². The monoisotopic (exact) mass is 547 g/mol. The molecule has 0 atom stereocenters. The summed E-state index contributed by atoms with van der Waals surface area (Å²) in [5.74, 6) is -0.128. The topological polar surface area (TPSA) is 49.3 Å². The molecule has 1 aliphatic rings. The van der Waals surface area contributed by atoms with Gasteiger partial charge in [0.2, 0.25) is 5.91 Å². The van der Waals surface area contributed by atoms with Crippen molar-refractivity contribution in [2.75, 3.05) is 5.32 Å². The predicted molar refractivity (Wildman–Crippen MR) is 138 cm³/mol. The number of benzene rings is 1. The van der Waals surface area contributed by atoms with Gasteiger partial charge in [0, 0.05) is 11.8 Å². The van der Waals surface area contributed by atoms with E-state index >= 15 is 0 Å². The lowest BCUT2D eigenvalue weighted by molar-refractivity contribution is -0.111. The molecule has 0 unspecified atom stereocenters. The lowest BCUT2D eigenvalue weighted by Crippen LogP contribution is -2.19. The Morgan fingerprint density at radius 3 is 2.39 bits per heavy atom. The number of amides is 1. The molecule has 0 bridgehead atoms. The molecule has 1 aromatic rings. The summed E-state index contributed by atoms with van der Waals surface area (Å²) < 4.78 is 1.02. The summed E-state index contributed by atoms with van der Waals surface area (Å²) in [6, 6.07) is 3.31. The molecule has 1 amide bonds. The minimum absolute atomic E-state index is 0.0994. The molecule has 166 valence electrons. The quantitative estimate of drug-likeness (QED) is 0.213. The molecule has 1 aliphatic carbocycles. The van der Waals surface area contributed by atoms with Crippen LogP contribution in [0.4, 0.5) is 5.69 Å². The maximum Gasteiger partial charge on any atom is 0.248 e. The number of allylic oxidation sites excluding steroid dienone is 9. The van der Waals surface area contributed by atoms with Gasteiger partial charge in [0.25, 0.3) is 0 Å². The molecule has 0 aromatic heterocycles. The van der Waals surface area contributed by atoms with Crippen molar-refractivity contribution in [3.63, 3.8) is 0 Å². The molecule has 5 heteroatoms. The average molecular weight is 549 g/mol. The molecule has 2 rings (SSSR count). The zero-order valence-corrected chi connectivity index (χ0v) is 22.0. The van der Waals surface area contributed by atoms with Crippen molar-refractivity contribution in [2.45, 2.75) is 53.9 Å². The molecule has 0 saturated heterocycles. The zero-order valence-electron chi connectivity index (χ0n) is 18.9. The molecular weight excluding hydrogens is 518 g/mol. The van der Waals surface area contributed by atoms with E-state index in [2.05, 4.69) is 77.0 Å². The molecule has 3 nitrogen and oxygen atoms in total. The molecule has 0 fully saturated rings. The summed E-state index contributed by atoms with van der Waals surface area (Å²) in [7, 11) is 0. The van der Waals surface area contributed by atoms with Crippen molar-refractivity contribution < 1.29 is 9.90 Å². The number of phenols is 1. The van der Waals surface area contributed by atoms with E-state index < -0.39 is 0 Å². The molecule has 0 spiro atoms. The molecule has 0 heterocycles. The van der Waals surface area contributed by atoms with Crippen LogP contribution in [0.25, 0.3) is 0 Å². The maximum absolute atomic E-state index is 12.3. The molecule has 1 aromatic carbocycles.